The van der Waals surface area contributed by atoms with E-state index in [9.17, 15) is 10.5 Å². The van der Waals surface area contributed by atoms with Crippen molar-refractivity contribution in [2.24, 2.45) is 34.5 Å². The first-order valence-corrected chi connectivity index (χ1v) is 14.4. The third-order valence-corrected chi connectivity index (χ3v) is 10.2. The second kappa shape index (κ2) is 12.4. The van der Waals surface area contributed by atoms with Gasteiger partial charge in [-0.2, -0.15) is 10.5 Å². The van der Waals surface area contributed by atoms with Gasteiger partial charge in [0.2, 0.25) is 0 Å². The first kappa shape index (κ1) is 25.6. The van der Waals surface area contributed by atoms with Crippen molar-refractivity contribution in [1.82, 2.24) is 0 Å². The van der Waals surface area contributed by atoms with Crippen LogP contribution in [0.5, 0.6) is 0 Å². The molecule has 3 aliphatic carbocycles. The van der Waals surface area contributed by atoms with Crippen LogP contribution in [0.25, 0.3) is 0 Å². The molecule has 2 nitrogen and oxygen atoms in total. The Morgan fingerprint density at radius 3 is 1.19 bits per heavy atom. The van der Waals surface area contributed by atoms with Gasteiger partial charge in [-0.25, -0.2) is 0 Å². The van der Waals surface area contributed by atoms with Gasteiger partial charge < -0.3 is 0 Å². The molecule has 3 aliphatic rings. The fourth-order valence-electron chi connectivity index (χ4n) is 7.74. The molecule has 0 amide bonds. The Labute approximate surface area is 199 Å². The second-order valence-electron chi connectivity index (χ2n) is 12.0. The Morgan fingerprint density at radius 2 is 0.906 bits per heavy atom. The minimum atomic E-state index is -0.133. The standard InChI is InChI=1S/C30H50N2/c1-3-5-7-9-25-11-15-27(16-12-25)29(23-31)19-21-30(24-32,22-20-29)28-17-13-26(14-18-28)10-8-6-4-2/h25-28H,3-22H2,1-2H3. The maximum atomic E-state index is 10.3. The molecule has 0 atom stereocenters. The first-order chi connectivity index (χ1) is 15.6. The first-order valence-electron chi connectivity index (χ1n) is 14.4. The number of nitrogens with zero attached hydrogens (tertiary/aromatic N) is 2. The normalized spacial score (nSPS) is 38.0. The van der Waals surface area contributed by atoms with Crippen molar-refractivity contribution in [3.05, 3.63) is 0 Å². The van der Waals surface area contributed by atoms with Gasteiger partial charge in [0.05, 0.1) is 23.0 Å². The molecule has 0 radical (unpaired) electrons. The summed E-state index contributed by atoms with van der Waals surface area (Å²) < 4.78 is 0. The molecule has 0 unspecified atom stereocenters. The molecule has 0 heterocycles. The van der Waals surface area contributed by atoms with Crippen LogP contribution < -0.4 is 0 Å². The summed E-state index contributed by atoms with van der Waals surface area (Å²) >= 11 is 0. The zero-order valence-corrected chi connectivity index (χ0v) is 21.3. The summed E-state index contributed by atoms with van der Waals surface area (Å²) in [5.41, 5.74) is -0.266. The molecule has 0 bridgehead atoms. The average Bonchev–Trinajstić information content (AvgIpc) is 2.85. The summed E-state index contributed by atoms with van der Waals surface area (Å²) in [5, 5.41) is 20.6. The molecule has 32 heavy (non-hydrogen) atoms. The summed E-state index contributed by atoms with van der Waals surface area (Å²) in [7, 11) is 0. The van der Waals surface area contributed by atoms with Crippen molar-refractivity contribution in [2.45, 2.75) is 142 Å². The summed E-state index contributed by atoms with van der Waals surface area (Å²) in [6.45, 7) is 4.58. The van der Waals surface area contributed by atoms with E-state index in [1.54, 1.807) is 0 Å². The van der Waals surface area contributed by atoms with E-state index in [1.165, 1.54) is 103 Å². The van der Waals surface area contributed by atoms with Crippen LogP contribution in [0.1, 0.15) is 142 Å². The molecule has 0 saturated heterocycles. The number of hydrogen-bond donors (Lipinski definition) is 0. The molecule has 3 rings (SSSR count). The van der Waals surface area contributed by atoms with Crippen molar-refractivity contribution >= 4 is 0 Å². The number of hydrogen-bond acceptors (Lipinski definition) is 2. The van der Waals surface area contributed by atoms with Gasteiger partial charge in [-0.1, -0.05) is 90.9 Å². The van der Waals surface area contributed by atoms with Crippen LogP contribution in [0.4, 0.5) is 0 Å². The van der Waals surface area contributed by atoms with E-state index in [1.807, 2.05) is 0 Å². The van der Waals surface area contributed by atoms with Crippen molar-refractivity contribution in [1.29, 1.82) is 10.5 Å². The minimum Gasteiger partial charge on any atom is -0.198 e. The second-order valence-corrected chi connectivity index (χ2v) is 12.0. The van der Waals surface area contributed by atoms with E-state index in [-0.39, 0.29) is 10.8 Å². The topological polar surface area (TPSA) is 47.6 Å². The lowest BCUT2D eigenvalue weighted by Crippen LogP contribution is -2.43. The van der Waals surface area contributed by atoms with Gasteiger partial charge in [0.25, 0.3) is 0 Å². The lowest BCUT2D eigenvalue weighted by Gasteiger charge is -2.49. The van der Waals surface area contributed by atoms with E-state index in [4.69, 9.17) is 0 Å². The van der Waals surface area contributed by atoms with Crippen molar-refractivity contribution in [3.8, 4) is 12.1 Å². The highest BCUT2D eigenvalue weighted by Crippen LogP contribution is 2.57. The highest BCUT2D eigenvalue weighted by molar-refractivity contribution is 5.14. The zero-order valence-electron chi connectivity index (χ0n) is 21.3. The van der Waals surface area contributed by atoms with E-state index in [2.05, 4.69) is 26.0 Å². The van der Waals surface area contributed by atoms with Gasteiger partial charge in [0.15, 0.2) is 0 Å². The van der Waals surface area contributed by atoms with Crippen molar-refractivity contribution in [3.63, 3.8) is 0 Å². The van der Waals surface area contributed by atoms with E-state index < -0.39 is 0 Å². The monoisotopic (exact) mass is 438 g/mol. The molecule has 0 aliphatic heterocycles. The molecule has 2 heteroatoms. The summed E-state index contributed by atoms with van der Waals surface area (Å²) in [6.07, 6.45) is 25.3. The highest BCUT2D eigenvalue weighted by Gasteiger charge is 2.51. The molecule has 0 aromatic heterocycles. The molecule has 0 aromatic carbocycles. The number of unbranched alkanes of at least 4 members (excludes halogenated alkanes) is 4. The SMILES string of the molecule is CCCCCC1CCC(C2(C#N)CCC(C#N)(C3CCC(CCCCC)CC3)CC2)CC1. The molecule has 0 N–H and O–H groups in total. The molecule has 3 saturated carbocycles. The van der Waals surface area contributed by atoms with Gasteiger partial charge in [-0.3, -0.25) is 0 Å². The number of nitriles is 2. The molecule has 3 fully saturated rings. The highest BCUT2D eigenvalue weighted by atomic mass is 14.6. The van der Waals surface area contributed by atoms with Crippen LogP contribution >= 0.6 is 0 Å². The fourth-order valence-corrected chi connectivity index (χ4v) is 7.74. The van der Waals surface area contributed by atoms with Crippen LogP contribution in [0, 0.1) is 57.2 Å². The molecule has 0 aromatic rings. The van der Waals surface area contributed by atoms with E-state index in [0.717, 1.165) is 37.5 Å². The maximum Gasteiger partial charge on any atom is 0.0692 e. The average molecular weight is 439 g/mol. The lowest BCUT2D eigenvalue weighted by molar-refractivity contribution is 0.0272. The number of rotatable bonds is 10. The zero-order chi connectivity index (χ0) is 22.9. The third kappa shape index (κ3) is 6.10. The quantitative estimate of drug-likeness (QED) is 0.319. The predicted octanol–water partition coefficient (Wildman–Crippen LogP) is 9.35. The molecular weight excluding hydrogens is 388 g/mol. The minimum absolute atomic E-state index is 0.133. The third-order valence-electron chi connectivity index (χ3n) is 10.2. The predicted molar refractivity (Wildman–Crippen MR) is 134 cm³/mol. The Balaban J connectivity index is 1.50. The summed E-state index contributed by atoms with van der Waals surface area (Å²) in [6, 6.07) is 5.69. The summed E-state index contributed by atoms with van der Waals surface area (Å²) in [5.74, 6) is 2.98. The van der Waals surface area contributed by atoms with Crippen molar-refractivity contribution in [2.75, 3.05) is 0 Å². The van der Waals surface area contributed by atoms with E-state index >= 15 is 0 Å². The Morgan fingerprint density at radius 1 is 0.562 bits per heavy atom. The van der Waals surface area contributed by atoms with E-state index in [0.29, 0.717) is 11.8 Å². The fraction of sp³-hybridized carbons (Fsp3) is 0.933. The molecule has 180 valence electrons. The Bertz CT molecular complexity index is 558. The van der Waals surface area contributed by atoms with Crippen LogP contribution in [0.3, 0.4) is 0 Å². The van der Waals surface area contributed by atoms with Crippen molar-refractivity contribution < 1.29 is 0 Å². The van der Waals surface area contributed by atoms with Crippen LogP contribution in [-0.2, 0) is 0 Å². The Kier molecular flexibility index (Phi) is 9.96. The van der Waals surface area contributed by atoms with Gasteiger partial charge in [0, 0.05) is 0 Å². The Hall–Kier alpha value is -1.02. The van der Waals surface area contributed by atoms with Crippen LogP contribution in [0.2, 0.25) is 0 Å². The maximum absolute atomic E-state index is 10.3. The van der Waals surface area contributed by atoms with Gasteiger partial charge >= 0.3 is 0 Å². The smallest absolute Gasteiger partial charge is 0.0692 e. The molecule has 0 spiro atoms. The van der Waals surface area contributed by atoms with Gasteiger partial charge in [-0.05, 0) is 75.0 Å². The molecular formula is C30H50N2. The van der Waals surface area contributed by atoms with Gasteiger partial charge in [-0.15, -0.1) is 0 Å². The summed E-state index contributed by atoms with van der Waals surface area (Å²) in [4.78, 5) is 0. The lowest BCUT2D eigenvalue weighted by atomic mass is 9.53. The largest absolute Gasteiger partial charge is 0.198 e. The van der Waals surface area contributed by atoms with Crippen LogP contribution in [0.15, 0.2) is 0 Å². The van der Waals surface area contributed by atoms with Gasteiger partial charge in [0.1, 0.15) is 0 Å². The van der Waals surface area contributed by atoms with Crippen LogP contribution in [-0.4, -0.2) is 0 Å².